The van der Waals surface area contributed by atoms with Crippen LogP contribution in [-0.2, 0) is 0 Å². The summed E-state index contributed by atoms with van der Waals surface area (Å²) in [7, 11) is 0. The summed E-state index contributed by atoms with van der Waals surface area (Å²) in [5, 5.41) is 6.30. The number of carbonyl (C=O) groups is 1. The minimum atomic E-state index is 0. The number of aryl methyl sites for hydroxylation is 1. The number of halogens is 2. The molecule has 94 valence electrons. The molecule has 1 amide bonds. The molecule has 1 aromatic carbocycles. The fraction of sp³-hybridized carbons (Fsp3) is 0.417. The minimum absolute atomic E-state index is 0. The number of amides is 1. The van der Waals surface area contributed by atoms with Gasteiger partial charge in [0, 0.05) is 16.2 Å². The number of rotatable bonds is 2. The van der Waals surface area contributed by atoms with Crippen molar-refractivity contribution in [1.82, 2.24) is 10.6 Å². The predicted molar refractivity (Wildman–Crippen MR) is 79.9 cm³/mol. The Hall–Kier alpha value is -0.330. The average Bonchev–Trinajstić information content (AvgIpc) is 2.74. The number of benzene rings is 1. The van der Waals surface area contributed by atoms with Crippen LogP contribution in [0.25, 0.3) is 0 Å². The van der Waals surface area contributed by atoms with Gasteiger partial charge >= 0.3 is 0 Å². The van der Waals surface area contributed by atoms with Crippen LogP contribution in [0.3, 0.4) is 0 Å². The monoisotopic (exact) mass is 366 g/mol. The zero-order valence-corrected chi connectivity index (χ0v) is 12.6. The minimum Gasteiger partial charge on any atom is -0.348 e. The summed E-state index contributed by atoms with van der Waals surface area (Å²) in [6.45, 7) is 3.88. The normalized spacial score (nSPS) is 18.6. The summed E-state index contributed by atoms with van der Waals surface area (Å²) in [6, 6.07) is 6.23. The largest absolute Gasteiger partial charge is 0.348 e. The maximum absolute atomic E-state index is 12.0. The third kappa shape index (κ3) is 3.82. The Morgan fingerprint density at radius 2 is 2.29 bits per heavy atom. The van der Waals surface area contributed by atoms with Gasteiger partial charge in [-0.25, -0.2) is 0 Å². The summed E-state index contributed by atoms with van der Waals surface area (Å²) in [6.07, 6.45) is 1.02. The lowest BCUT2D eigenvalue weighted by molar-refractivity contribution is 0.0939. The van der Waals surface area contributed by atoms with E-state index in [-0.39, 0.29) is 24.4 Å². The maximum Gasteiger partial charge on any atom is 0.252 e. The molecule has 0 radical (unpaired) electrons. The molecule has 0 aliphatic carbocycles. The molecule has 0 bridgehead atoms. The van der Waals surface area contributed by atoms with Crippen LogP contribution in [0.2, 0.25) is 0 Å². The molecule has 1 saturated heterocycles. The summed E-state index contributed by atoms with van der Waals surface area (Å²) in [5.41, 5.74) is 1.91. The van der Waals surface area contributed by atoms with E-state index in [2.05, 4.69) is 33.2 Å². The van der Waals surface area contributed by atoms with E-state index in [0.717, 1.165) is 34.2 Å². The number of hydrogen-bond donors (Lipinski definition) is 2. The SMILES string of the molecule is Cc1ccc(I)c(C(=O)NC2CCNC2)c1.Cl. The van der Waals surface area contributed by atoms with Gasteiger partial charge in [0.15, 0.2) is 0 Å². The lowest BCUT2D eigenvalue weighted by Crippen LogP contribution is -2.36. The highest BCUT2D eigenvalue weighted by molar-refractivity contribution is 14.1. The van der Waals surface area contributed by atoms with Gasteiger partial charge < -0.3 is 10.6 Å². The van der Waals surface area contributed by atoms with E-state index in [9.17, 15) is 4.79 Å². The second kappa shape index (κ2) is 6.56. The fourth-order valence-electron chi connectivity index (χ4n) is 1.85. The molecular weight excluding hydrogens is 351 g/mol. The molecule has 2 rings (SSSR count). The smallest absolute Gasteiger partial charge is 0.252 e. The molecule has 17 heavy (non-hydrogen) atoms. The second-order valence-corrected chi connectivity index (χ2v) is 5.31. The first-order valence-electron chi connectivity index (χ1n) is 5.44. The summed E-state index contributed by atoms with van der Waals surface area (Å²) < 4.78 is 1.01. The molecule has 1 unspecified atom stereocenters. The average molecular weight is 367 g/mol. The van der Waals surface area contributed by atoms with E-state index >= 15 is 0 Å². The van der Waals surface area contributed by atoms with Crippen LogP contribution < -0.4 is 10.6 Å². The van der Waals surface area contributed by atoms with Gasteiger partial charge in [0.05, 0.1) is 5.56 Å². The van der Waals surface area contributed by atoms with Crippen molar-refractivity contribution in [1.29, 1.82) is 0 Å². The van der Waals surface area contributed by atoms with Gasteiger partial charge in [-0.15, -0.1) is 12.4 Å². The van der Waals surface area contributed by atoms with E-state index in [1.807, 2.05) is 25.1 Å². The molecular formula is C12H16ClIN2O. The van der Waals surface area contributed by atoms with Crippen molar-refractivity contribution in [2.45, 2.75) is 19.4 Å². The van der Waals surface area contributed by atoms with E-state index in [1.54, 1.807) is 0 Å². The van der Waals surface area contributed by atoms with Crippen LogP contribution in [0.5, 0.6) is 0 Å². The van der Waals surface area contributed by atoms with E-state index < -0.39 is 0 Å². The zero-order chi connectivity index (χ0) is 11.5. The van der Waals surface area contributed by atoms with Gasteiger partial charge in [-0.3, -0.25) is 4.79 Å². The molecule has 1 aliphatic rings. The number of carbonyl (C=O) groups excluding carboxylic acids is 1. The Kier molecular flexibility index (Phi) is 5.69. The Balaban J connectivity index is 0.00000144. The molecule has 5 heteroatoms. The molecule has 0 saturated carbocycles. The van der Waals surface area contributed by atoms with Crippen LogP contribution in [0.4, 0.5) is 0 Å². The summed E-state index contributed by atoms with van der Waals surface area (Å²) >= 11 is 2.20. The van der Waals surface area contributed by atoms with Crippen molar-refractivity contribution in [2.75, 3.05) is 13.1 Å². The third-order valence-corrected chi connectivity index (χ3v) is 3.70. The van der Waals surface area contributed by atoms with Crippen molar-refractivity contribution in [3.63, 3.8) is 0 Å². The van der Waals surface area contributed by atoms with E-state index in [0.29, 0.717) is 0 Å². The Morgan fingerprint density at radius 1 is 1.53 bits per heavy atom. The van der Waals surface area contributed by atoms with Crippen LogP contribution in [-0.4, -0.2) is 25.0 Å². The van der Waals surface area contributed by atoms with Gasteiger partial charge in [-0.1, -0.05) is 11.6 Å². The highest BCUT2D eigenvalue weighted by atomic mass is 127. The third-order valence-electron chi connectivity index (χ3n) is 2.76. The molecule has 1 fully saturated rings. The van der Waals surface area contributed by atoms with Crippen LogP contribution in [0.1, 0.15) is 22.3 Å². The standard InChI is InChI=1S/C12H15IN2O.ClH/c1-8-2-3-11(13)10(6-8)12(16)15-9-4-5-14-7-9;/h2-3,6,9,14H,4-5,7H2,1H3,(H,15,16);1H. The van der Waals surface area contributed by atoms with Crippen molar-refractivity contribution in [3.05, 3.63) is 32.9 Å². The molecule has 1 aliphatic heterocycles. The van der Waals surface area contributed by atoms with Crippen LogP contribution in [0.15, 0.2) is 18.2 Å². The van der Waals surface area contributed by atoms with Crippen molar-refractivity contribution >= 4 is 40.9 Å². The van der Waals surface area contributed by atoms with Crippen molar-refractivity contribution in [2.24, 2.45) is 0 Å². The first-order valence-corrected chi connectivity index (χ1v) is 6.52. The zero-order valence-electron chi connectivity index (χ0n) is 9.63. The Bertz CT molecular complexity index is 405. The van der Waals surface area contributed by atoms with Crippen molar-refractivity contribution in [3.8, 4) is 0 Å². The maximum atomic E-state index is 12.0. The molecule has 1 heterocycles. The van der Waals surface area contributed by atoms with E-state index in [4.69, 9.17) is 0 Å². The highest BCUT2D eigenvalue weighted by Crippen LogP contribution is 2.14. The predicted octanol–water partition coefficient (Wildman–Crippen LogP) is 2.11. The molecule has 3 nitrogen and oxygen atoms in total. The highest BCUT2D eigenvalue weighted by Gasteiger charge is 2.18. The number of hydrogen-bond acceptors (Lipinski definition) is 2. The molecule has 0 aromatic heterocycles. The first-order chi connectivity index (χ1) is 7.66. The summed E-state index contributed by atoms with van der Waals surface area (Å²) in [5.74, 6) is 0.0433. The van der Waals surface area contributed by atoms with Crippen LogP contribution >= 0.6 is 35.0 Å². The van der Waals surface area contributed by atoms with Crippen LogP contribution in [0, 0.1) is 10.5 Å². The number of nitrogens with one attached hydrogen (secondary N) is 2. The topological polar surface area (TPSA) is 41.1 Å². The molecule has 1 aromatic rings. The molecule has 2 N–H and O–H groups in total. The van der Waals surface area contributed by atoms with Gasteiger partial charge in [-0.2, -0.15) is 0 Å². The lowest BCUT2D eigenvalue weighted by Gasteiger charge is -2.12. The van der Waals surface area contributed by atoms with Gasteiger partial charge in [0.25, 0.3) is 5.91 Å². The second-order valence-electron chi connectivity index (χ2n) is 4.15. The summed E-state index contributed by atoms with van der Waals surface area (Å²) in [4.78, 5) is 12.0. The van der Waals surface area contributed by atoms with Crippen molar-refractivity contribution < 1.29 is 4.79 Å². The molecule has 1 atom stereocenters. The fourth-order valence-corrected chi connectivity index (χ4v) is 2.43. The van der Waals surface area contributed by atoms with Gasteiger partial charge in [-0.05, 0) is 54.6 Å². The van der Waals surface area contributed by atoms with E-state index in [1.165, 1.54) is 0 Å². The first kappa shape index (κ1) is 14.7. The quantitative estimate of drug-likeness (QED) is 0.787. The lowest BCUT2D eigenvalue weighted by atomic mass is 10.1. The Labute approximate surface area is 121 Å². The van der Waals surface area contributed by atoms with Gasteiger partial charge in [0.1, 0.15) is 0 Å². The molecule has 0 spiro atoms. The van der Waals surface area contributed by atoms with Gasteiger partial charge in [0.2, 0.25) is 0 Å². The Morgan fingerprint density at radius 3 is 2.94 bits per heavy atom.